The van der Waals surface area contributed by atoms with Crippen LogP contribution in [-0.2, 0) is 0 Å². The molecular weight excluding hydrogens is 260 g/mol. The van der Waals surface area contributed by atoms with Gasteiger partial charge in [-0.15, -0.1) is 12.4 Å². The van der Waals surface area contributed by atoms with Gasteiger partial charge >= 0.3 is 0 Å². The second kappa shape index (κ2) is 9.18. The van der Waals surface area contributed by atoms with Gasteiger partial charge in [0.25, 0.3) is 0 Å². The summed E-state index contributed by atoms with van der Waals surface area (Å²) in [4.78, 5) is 2.42. The molecule has 1 heterocycles. The second-order valence-electron chi connectivity index (χ2n) is 5.05. The normalized spacial score (nSPS) is 15.8. The summed E-state index contributed by atoms with van der Waals surface area (Å²) in [6.45, 7) is 4.63. The summed E-state index contributed by atoms with van der Waals surface area (Å²) in [5.74, 6) is 0.783. The summed E-state index contributed by atoms with van der Waals surface area (Å²) >= 11 is 0. The van der Waals surface area contributed by atoms with Crippen molar-refractivity contribution in [2.24, 2.45) is 5.92 Å². The van der Waals surface area contributed by atoms with Crippen LogP contribution in [0, 0.1) is 5.92 Å². The van der Waals surface area contributed by atoms with Crippen molar-refractivity contribution >= 4 is 18.1 Å². The molecule has 4 heteroatoms. The Morgan fingerprint density at radius 1 is 1.16 bits per heavy atom. The Morgan fingerprint density at radius 2 is 1.84 bits per heavy atom. The van der Waals surface area contributed by atoms with Crippen molar-refractivity contribution in [3.8, 4) is 0 Å². The fourth-order valence-electron chi connectivity index (χ4n) is 2.60. The van der Waals surface area contributed by atoms with Gasteiger partial charge in [0, 0.05) is 25.4 Å². The molecule has 0 saturated carbocycles. The van der Waals surface area contributed by atoms with E-state index in [1.807, 2.05) is 0 Å². The Hall–Kier alpha value is -0.770. The number of hydrogen-bond donors (Lipinski definition) is 2. The minimum Gasteiger partial charge on any atom is -0.396 e. The minimum atomic E-state index is 0. The summed E-state index contributed by atoms with van der Waals surface area (Å²) in [7, 11) is 0. The number of aliphatic hydroxyl groups is 1. The first-order valence-electron chi connectivity index (χ1n) is 7.01. The number of piperidine rings is 1. The van der Waals surface area contributed by atoms with Gasteiger partial charge in [-0.05, 0) is 50.4 Å². The van der Waals surface area contributed by atoms with Crippen LogP contribution in [-0.4, -0.2) is 37.9 Å². The molecule has 2 N–H and O–H groups in total. The van der Waals surface area contributed by atoms with Gasteiger partial charge in [-0.25, -0.2) is 0 Å². The molecule has 19 heavy (non-hydrogen) atoms. The van der Waals surface area contributed by atoms with Gasteiger partial charge in [-0.3, -0.25) is 0 Å². The molecule has 108 valence electrons. The Balaban J connectivity index is 0.00000180. The number of hydrogen-bond acceptors (Lipinski definition) is 3. The van der Waals surface area contributed by atoms with Gasteiger partial charge in [0.1, 0.15) is 0 Å². The van der Waals surface area contributed by atoms with Crippen LogP contribution in [0.4, 0.5) is 5.69 Å². The van der Waals surface area contributed by atoms with Crippen molar-refractivity contribution in [1.82, 2.24) is 5.32 Å². The summed E-state index contributed by atoms with van der Waals surface area (Å²) < 4.78 is 0. The van der Waals surface area contributed by atoms with Crippen molar-refractivity contribution in [2.75, 3.05) is 37.7 Å². The first kappa shape index (κ1) is 16.3. The zero-order chi connectivity index (χ0) is 12.6. The zero-order valence-corrected chi connectivity index (χ0v) is 12.2. The molecule has 1 saturated heterocycles. The summed E-state index contributed by atoms with van der Waals surface area (Å²) in [6.07, 6.45) is 3.38. The lowest BCUT2D eigenvalue weighted by Crippen LogP contribution is -2.36. The van der Waals surface area contributed by atoms with Crippen molar-refractivity contribution < 1.29 is 5.11 Å². The number of nitrogens with zero attached hydrogens (tertiary/aromatic N) is 1. The van der Waals surface area contributed by atoms with E-state index in [1.54, 1.807) is 0 Å². The highest BCUT2D eigenvalue weighted by Gasteiger charge is 2.17. The number of benzene rings is 1. The van der Waals surface area contributed by atoms with Gasteiger partial charge in [-0.1, -0.05) is 18.2 Å². The standard InChI is InChI=1S/C15H24N2O.ClH/c18-12-4-11-17(15-5-2-1-3-6-15)13-14-7-9-16-10-8-14;/h1-3,5-6,14,16,18H,4,7-13H2;1H. The van der Waals surface area contributed by atoms with E-state index in [0.29, 0.717) is 0 Å². The third kappa shape index (κ3) is 5.39. The highest BCUT2D eigenvalue weighted by molar-refractivity contribution is 5.85. The molecule has 1 aliphatic rings. The Labute approximate surface area is 122 Å². The zero-order valence-electron chi connectivity index (χ0n) is 11.4. The predicted octanol–water partition coefficient (Wildman–Crippen LogP) is 2.30. The van der Waals surface area contributed by atoms with Gasteiger partial charge in [0.05, 0.1) is 0 Å². The molecule has 0 atom stereocenters. The highest BCUT2D eigenvalue weighted by Crippen LogP contribution is 2.19. The van der Waals surface area contributed by atoms with Crippen LogP contribution in [0.15, 0.2) is 30.3 Å². The van der Waals surface area contributed by atoms with E-state index in [2.05, 4.69) is 40.5 Å². The second-order valence-corrected chi connectivity index (χ2v) is 5.05. The molecule has 1 aromatic carbocycles. The molecule has 1 aromatic rings. The number of nitrogens with one attached hydrogen (secondary N) is 1. The van der Waals surface area contributed by atoms with Gasteiger partial charge < -0.3 is 15.3 Å². The monoisotopic (exact) mass is 284 g/mol. The molecule has 0 amide bonds. The molecule has 0 radical (unpaired) electrons. The van der Waals surface area contributed by atoms with Gasteiger partial charge in [0.15, 0.2) is 0 Å². The van der Waals surface area contributed by atoms with Crippen LogP contribution >= 0.6 is 12.4 Å². The molecular formula is C15H25ClN2O. The average Bonchev–Trinajstić information content (AvgIpc) is 2.45. The maximum Gasteiger partial charge on any atom is 0.0447 e. The number of rotatable bonds is 6. The first-order valence-corrected chi connectivity index (χ1v) is 7.01. The van der Waals surface area contributed by atoms with Crippen molar-refractivity contribution in [3.63, 3.8) is 0 Å². The molecule has 0 aromatic heterocycles. The predicted molar refractivity (Wildman–Crippen MR) is 83.2 cm³/mol. The number of anilines is 1. The number of aliphatic hydroxyl groups excluding tert-OH is 1. The van der Waals surface area contributed by atoms with E-state index in [4.69, 9.17) is 5.11 Å². The molecule has 0 bridgehead atoms. The van der Waals surface area contributed by atoms with Crippen LogP contribution in [0.3, 0.4) is 0 Å². The quantitative estimate of drug-likeness (QED) is 0.841. The van der Waals surface area contributed by atoms with Crippen LogP contribution in [0.25, 0.3) is 0 Å². The maximum absolute atomic E-state index is 9.03. The Morgan fingerprint density at radius 3 is 2.47 bits per heavy atom. The first-order chi connectivity index (χ1) is 8.90. The lowest BCUT2D eigenvalue weighted by molar-refractivity contribution is 0.287. The number of halogens is 1. The third-order valence-corrected chi connectivity index (χ3v) is 3.64. The molecule has 1 aliphatic heterocycles. The van der Waals surface area contributed by atoms with E-state index in [-0.39, 0.29) is 19.0 Å². The third-order valence-electron chi connectivity index (χ3n) is 3.64. The van der Waals surface area contributed by atoms with Crippen LogP contribution < -0.4 is 10.2 Å². The molecule has 0 aliphatic carbocycles. The van der Waals surface area contributed by atoms with Gasteiger partial charge in [0.2, 0.25) is 0 Å². The Bertz CT molecular complexity index is 328. The Kier molecular flexibility index (Phi) is 7.87. The lowest BCUT2D eigenvalue weighted by atomic mass is 9.97. The lowest BCUT2D eigenvalue weighted by Gasteiger charge is -2.31. The average molecular weight is 285 g/mol. The summed E-state index contributed by atoms with van der Waals surface area (Å²) in [5, 5.41) is 12.4. The van der Waals surface area contributed by atoms with Gasteiger partial charge in [-0.2, -0.15) is 0 Å². The van der Waals surface area contributed by atoms with E-state index >= 15 is 0 Å². The fraction of sp³-hybridized carbons (Fsp3) is 0.600. The van der Waals surface area contributed by atoms with E-state index in [1.165, 1.54) is 18.5 Å². The largest absolute Gasteiger partial charge is 0.396 e. The minimum absolute atomic E-state index is 0. The fourth-order valence-corrected chi connectivity index (χ4v) is 2.60. The summed E-state index contributed by atoms with van der Waals surface area (Å²) in [6, 6.07) is 10.6. The van der Waals surface area contributed by atoms with Crippen LogP contribution in [0.1, 0.15) is 19.3 Å². The van der Waals surface area contributed by atoms with Crippen molar-refractivity contribution in [3.05, 3.63) is 30.3 Å². The maximum atomic E-state index is 9.03. The highest BCUT2D eigenvalue weighted by atomic mass is 35.5. The molecule has 1 fully saturated rings. The molecule has 0 unspecified atom stereocenters. The van der Waals surface area contributed by atoms with E-state index < -0.39 is 0 Å². The van der Waals surface area contributed by atoms with Crippen molar-refractivity contribution in [2.45, 2.75) is 19.3 Å². The van der Waals surface area contributed by atoms with Crippen molar-refractivity contribution in [1.29, 1.82) is 0 Å². The topological polar surface area (TPSA) is 35.5 Å². The SMILES string of the molecule is Cl.OCCCN(CC1CCNCC1)c1ccccc1. The molecule has 3 nitrogen and oxygen atoms in total. The van der Waals surface area contributed by atoms with Crippen LogP contribution in [0.2, 0.25) is 0 Å². The van der Waals surface area contributed by atoms with E-state index in [9.17, 15) is 0 Å². The van der Waals surface area contributed by atoms with E-state index in [0.717, 1.165) is 38.5 Å². The van der Waals surface area contributed by atoms with Crippen LogP contribution in [0.5, 0.6) is 0 Å². The summed E-state index contributed by atoms with van der Waals surface area (Å²) in [5.41, 5.74) is 1.28. The number of para-hydroxylation sites is 1. The molecule has 0 spiro atoms. The smallest absolute Gasteiger partial charge is 0.0447 e. The molecule has 2 rings (SSSR count).